The summed E-state index contributed by atoms with van der Waals surface area (Å²) in [7, 11) is -3.75. The molecule has 4 heterocycles. The minimum atomic E-state index is -3.75. The summed E-state index contributed by atoms with van der Waals surface area (Å²) >= 11 is 0. The third-order valence-electron chi connectivity index (χ3n) is 5.03. The molecule has 0 saturated carbocycles. The van der Waals surface area contributed by atoms with Crippen molar-refractivity contribution in [2.24, 2.45) is 5.92 Å². The zero-order chi connectivity index (χ0) is 21.3. The van der Waals surface area contributed by atoms with Crippen molar-refractivity contribution in [3.05, 3.63) is 12.7 Å². The predicted molar refractivity (Wildman–Crippen MR) is 103 cm³/mol. The molecule has 0 spiro atoms. The molecule has 1 unspecified atom stereocenters. The number of aromatic nitrogens is 4. The van der Waals surface area contributed by atoms with E-state index >= 15 is 0 Å². The van der Waals surface area contributed by atoms with Crippen LogP contribution in [0, 0.1) is 5.92 Å². The van der Waals surface area contributed by atoms with E-state index < -0.39 is 26.3 Å². The summed E-state index contributed by atoms with van der Waals surface area (Å²) in [5.41, 5.74) is 6.85. The van der Waals surface area contributed by atoms with Crippen molar-refractivity contribution in [2.75, 3.05) is 25.6 Å². The third-order valence-corrected chi connectivity index (χ3v) is 6.52. The number of nitrogen functional groups attached to an aromatic ring is 1. The standard InChI is InChI=1S/C17H24N5O7P/c1-3-25-17(23)10(2)4-5-26-30(24)27-7-12-11(29-30)6-13(28-12)22-9-21-14-15(18)19-8-20-16(14)22/h8-13H,3-7H2,1-2H3,(H2,18,19,20)/t10?,11-,12+,13+,30-/m1/s1. The first kappa shape index (κ1) is 21.1. The number of hydrogen-bond acceptors (Lipinski definition) is 11. The molecule has 2 aromatic heterocycles. The molecule has 2 aromatic rings. The molecule has 2 N–H and O–H groups in total. The molecule has 2 aliphatic heterocycles. The van der Waals surface area contributed by atoms with E-state index in [1.807, 2.05) is 0 Å². The highest BCUT2D eigenvalue weighted by Gasteiger charge is 2.48. The number of anilines is 1. The number of nitrogens with two attached hydrogens (primary N) is 1. The van der Waals surface area contributed by atoms with E-state index in [0.29, 0.717) is 30.6 Å². The van der Waals surface area contributed by atoms with Crippen molar-refractivity contribution in [1.29, 1.82) is 0 Å². The molecule has 5 atom stereocenters. The molecule has 0 bridgehead atoms. The average Bonchev–Trinajstić information content (AvgIpc) is 3.32. The van der Waals surface area contributed by atoms with Crippen LogP contribution in [-0.4, -0.2) is 57.5 Å². The van der Waals surface area contributed by atoms with Gasteiger partial charge in [0.25, 0.3) is 0 Å². The Kier molecular flexibility index (Phi) is 6.03. The number of fused-ring (bicyclic) bond motifs is 2. The Bertz CT molecular complexity index is 969. The summed E-state index contributed by atoms with van der Waals surface area (Å²) in [6.07, 6.45) is 2.37. The van der Waals surface area contributed by atoms with Crippen molar-refractivity contribution >= 4 is 30.8 Å². The van der Waals surface area contributed by atoms with Crippen molar-refractivity contribution in [1.82, 2.24) is 19.5 Å². The zero-order valence-electron chi connectivity index (χ0n) is 16.7. The number of imidazole rings is 1. The molecule has 2 saturated heterocycles. The molecule has 0 amide bonds. The second-order valence-corrected chi connectivity index (χ2v) is 8.73. The van der Waals surface area contributed by atoms with E-state index in [4.69, 9.17) is 28.8 Å². The Balaban J connectivity index is 1.36. The quantitative estimate of drug-likeness (QED) is 0.495. The van der Waals surface area contributed by atoms with Gasteiger partial charge in [0, 0.05) is 6.42 Å². The Morgan fingerprint density at radius 2 is 2.23 bits per heavy atom. The van der Waals surface area contributed by atoms with Crippen LogP contribution in [0.25, 0.3) is 11.2 Å². The second-order valence-electron chi connectivity index (χ2n) is 7.11. The van der Waals surface area contributed by atoms with Gasteiger partial charge in [-0.15, -0.1) is 0 Å². The Labute approximate surface area is 172 Å². The summed E-state index contributed by atoms with van der Waals surface area (Å²) in [4.78, 5) is 24.0. The average molecular weight is 441 g/mol. The smallest absolute Gasteiger partial charge is 0.466 e. The third kappa shape index (κ3) is 4.19. The molecule has 13 heteroatoms. The summed E-state index contributed by atoms with van der Waals surface area (Å²) in [5, 5.41) is 0. The number of rotatable bonds is 7. The van der Waals surface area contributed by atoms with Crippen molar-refractivity contribution < 1.29 is 32.4 Å². The van der Waals surface area contributed by atoms with Gasteiger partial charge >= 0.3 is 13.8 Å². The molecule has 2 fully saturated rings. The molecule has 164 valence electrons. The predicted octanol–water partition coefficient (Wildman–Crippen LogP) is 1.83. The van der Waals surface area contributed by atoms with Gasteiger partial charge in [0.15, 0.2) is 11.5 Å². The van der Waals surface area contributed by atoms with Crippen molar-refractivity contribution in [3.63, 3.8) is 0 Å². The van der Waals surface area contributed by atoms with Crippen molar-refractivity contribution in [3.8, 4) is 0 Å². The fourth-order valence-electron chi connectivity index (χ4n) is 3.39. The Hall–Kier alpha value is -2.11. The lowest BCUT2D eigenvalue weighted by Gasteiger charge is -2.29. The van der Waals surface area contributed by atoms with Crippen LogP contribution in [0.3, 0.4) is 0 Å². The zero-order valence-corrected chi connectivity index (χ0v) is 17.6. The van der Waals surface area contributed by atoms with Crippen LogP contribution in [0.5, 0.6) is 0 Å². The van der Waals surface area contributed by atoms with Crippen molar-refractivity contribution in [2.45, 2.75) is 45.1 Å². The van der Waals surface area contributed by atoms with Gasteiger partial charge < -0.3 is 15.2 Å². The number of phosphoric ester groups is 1. The number of nitrogens with zero attached hydrogens (tertiary/aromatic N) is 4. The van der Waals surface area contributed by atoms with E-state index in [9.17, 15) is 9.36 Å². The van der Waals surface area contributed by atoms with Gasteiger partial charge in [-0.05, 0) is 13.3 Å². The second kappa shape index (κ2) is 8.56. The maximum Gasteiger partial charge on any atom is 0.475 e. The van der Waals surface area contributed by atoms with E-state index in [0.717, 1.165) is 0 Å². The van der Waals surface area contributed by atoms with Gasteiger partial charge in [-0.3, -0.25) is 22.9 Å². The van der Waals surface area contributed by atoms with Gasteiger partial charge in [-0.25, -0.2) is 19.5 Å². The number of carbonyl (C=O) groups excluding carboxylic acids is 1. The molecule has 2 aliphatic rings. The summed E-state index contributed by atoms with van der Waals surface area (Å²) < 4.78 is 41.8. The largest absolute Gasteiger partial charge is 0.475 e. The fourth-order valence-corrected chi connectivity index (χ4v) is 4.79. The minimum absolute atomic E-state index is 0.0429. The number of ether oxygens (including phenoxy) is 2. The molecule has 0 aromatic carbocycles. The first-order valence-electron chi connectivity index (χ1n) is 9.73. The number of esters is 1. The molecular formula is C17H24N5O7P. The lowest BCUT2D eigenvalue weighted by atomic mass is 10.1. The van der Waals surface area contributed by atoms with Crippen LogP contribution < -0.4 is 5.73 Å². The first-order chi connectivity index (χ1) is 14.4. The molecule has 4 rings (SSSR count). The van der Waals surface area contributed by atoms with Gasteiger partial charge in [-0.2, -0.15) is 0 Å². The molecule has 0 radical (unpaired) electrons. The van der Waals surface area contributed by atoms with Crippen LogP contribution in [0.2, 0.25) is 0 Å². The lowest BCUT2D eigenvalue weighted by molar-refractivity contribution is -0.147. The highest BCUT2D eigenvalue weighted by Crippen LogP contribution is 2.56. The van der Waals surface area contributed by atoms with Crippen LogP contribution in [-0.2, 0) is 32.4 Å². The normalized spacial score (nSPS) is 29.6. The number of phosphoric acid groups is 1. The van der Waals surface area contributed by atoms with Crippen LogP contribution in [0.1, 0.15) is 32.9 Å². The van der Waals surface area contributed by atoms with E-state index in [1.54, 1.807) is 24.7 Å². The fraction of sp³-hybridized carbons (Fsp3) is 0.647. The summed E-state index contributed by atoms with van der Waals surface area (Å²) in [5.74, 6) is -0.421. The maximum atomic E-state index is 12.8. The summed E-state index contributed by atoms with van der Waals surface area (Å²) in [6.45, 7) is 3.88. The number of hydrogen-bond donors (Lipinski definition) is 1. The molecular weight excluding hydrogens is 417 g/mol. The highest BCUT2D eigenvalue weighted by atomic mass is 31.2. The Morgan fingerprint density at radius 1 is 1.40 bits per heavy atom. The van der Waals surface area contributed by atoms with E-state index in [-0.39, 0.29) is 30.9 Å². The number of carbonyl (C=O) groups is 1. The van der Waals surface area contributed by atoms with E-state index in [1.165, 1.54) is 6.33 Å². The van der Waals surface area contributed by atoms with Gasteiger partial charge in [-0.1, -0.05) is 6.92 Å². The highest BCUT2D eigenvalue weighted by molar-refractivity contribution is 7.48. The molecule has 0 aliphatic carbocycles. The van der Waals surface area contributed by atoms with Gasteiger partial charge in [0.05, 0.1) is 32.1 Å². The minimum Gasteiger partial charge on any atom is -0.466 e. The SMILES string of the molecule is CCOC(=O)C(C)CCO[P@]1(=O)OC[C@@H]2O[C@H](n3cnc4c(N)ncnc43)C[C@H]2O1. The van der Waals surface area contributed by atoms with Crippen LogP contribution in [0.15, 0.2) is 12.7 Å². The molecule has 12 nitrogen and oxygen atoms in total. The summed E-state index contributed by atoms with van der Waals surface area (Å²) in [6, 6.07) is 0. The monoisotopic (exact) mass is 441 g/mol. The van der Waals surface area contributed by atoms with Crippen LogP contribution >= 0.6 is 7.82 Å². The maximum absolute atomic E-state index is 12.8. The lowest BCUT2D eigenvalue weighted by Crippen LogP contribution is -2.33. The topological polar surface area (TPSA) is 150 Å². The molecule has 30 heavy (non-hydrogen) atoms. The Morgan fingerprint density at radius 3 is 3.03 bits per heavy atom. The van der Waals surface area contributed by atoms with Gasteiger partial charge in [0.1, 0.15) is 30.3 Å². The van der Waals surface area contributed by atoms with E-state index in [2.05, 4.69) is 15.0 Å². The first-order valence-corrected chi connectivity index (χ1v) is 11.2. The van der Waals surface area contributed by atoms with Crippen LogP contribution in [0.4, 0.5) is 5.82 Å². The van der Waals surface area contributed by atoms with Gasteiger partial charge in [0.2, 0.25) is 0 Å².